The third-order valence-electron chi connectivity index (χ3n) is 3.77. The Bertz CT molecular complexity index is 466. The van der Waals surface area contributed by atoms with E-state index in [1.807, 2.05) is 30.0 Å². The molecule has 0 bridgehead atoms. The highest BCUT2D eigenvalue weighted by molar-refractivity contribution is 7.99. The molecule has 2 atom stereocenters. The number of benzene rings is 1. The summed E-state index contributed by atoms with van der Waals surface area (Å²) < 4.78 is 0. The highest BCUT2D eigenvalue weighted by Gasteiger charge is 2.31. The van der Waals surface area contributed by atoms with E-state index in [-0.39, 0.29) is 18.5 Å². The van der Waals surface area contributed by atoms with Gasteiger partial charge in [0.25, 0.3) is 0 Å². The minimum atomic E-state index is -0.755. The Hall–Kier alpha value is -1.20. The summed E-state index contributed by atoms with van der Waals surface area (Å²) in [6, 6.07) is 7.48. The Labute approximate surface area is 123 Å². The van der Waals surface area contributed by atoms with Gasteiger partial charge in [-0.1, -0.05) is 25.1 Å². The molecule has 2 unspecified atom stereocenters. The van der Waals surface area contributed by atoms with Gasteiger partial charge in [0, 0.05) is 35.7 Å². The van der Waals surface area contributed by atoms with Gasteiger partial charge in [0.15, 0.2) is 0 Å². The summed E-state index contributed by atoms with van der Waals surface area (Å²) in [7, 11) is 0. The number of carboxylic acid groups (broad SMARTS) is 1. The maximum atomic E-state index is 11.0. The number of aliphatic carboxylic acids is 1. The first-order chi connectivity index (χ1) is 9.63. The largest absolute Gasteiger partial charge is 0.508 e. The lowest BCUT2D eigenvalue weighted by molar-refractivity contribution is -0.138. The van der Waals surface area contributed by atoms with Crippen molar-refractivity contribution >= 4 is 17.7 Å². The zero-order valence-electron chi connectivity index (χ0n) is 11.7. The van der Waals surface area contributed by atoms with Gasteiger partial charge in [0.2, 0.25) is 0 Å². The van der Waals surface area contributed by atoms with E-state index in [0.717, 1.165) is 30.0 Å². The smallest absolute Gasteiger partial charge is 0.304 e. The molecular formula is C15H21NO3S. The molecule has 1 aliphatic heterocycles. The van der Waals surface area contributed by atoms with Gasteiger partial charge in [-0.25, -0.2) is 0 Å². The van der Waals surface area contributed by atoms with Crippen LogP contribution in [0.25, 0.3) is 0 Å². The second-order valence-corrected chi connectivity index (χ2v) is 6.20. The van der Waals surface area contributed by atoms with Crippen molar-refractivity contribution in [1.82, 2.24) is 4.90 Å². The van der Waals surface area contributed by atoms with Crippen molar-refractivity contribution in [3.05, 3.63) is 29.8 Å². The molecule has 0 spiro atoms. The van der Waals surface area contributed by atoms with Gasteiger partial charge < -0.3 is 10.2 Å². The second kappa shape index (κ2) is 6.99. The van der Waals surface area contributed by atoms with Crippen molar-refractivity contribution < 1.29 is 15.0 Å². The Morgan fingerprint density at radius 1 is 1.50 bits per heavy atom. The molecule has 0 aromatic heterocycles. The van der Waals surface area contributed by atoms with Crippen molar-refractivity contribution in [2.75, 3.05) is 18.1 Å². The fourth-order valence-electron chi connectivity index (χ4n) is 2.86. The van der Waals surface area contributed by atoms with E-state index in [2.05, 4.69) is 11.8 Å². The molecule has 0 radical (unpaired) electrons. The van der Waals surface area contributed by atoms with Crippen molar-refractivity contribution in [1.29, 1.82) is 0 Å². The van der Waals surface area contributed by atoms with Crippen LogP contribution in [0.5, 0.6) is 5.75 Å². The van der Waals surface area contributed by atoms with Crippen LogP contribution < -0.4 is 0 Å². The third-order valence-corrected chi connectivity index (χ3v) is 4.86. The van der Waals surface area contributed by atoms with Crippen LogP contribution in [0.2, 0.25) is 0 Å². The predicted molar refractivity (Wildman–Crippen MR) is 81.2 cm³/mol. The number of hydrogen-bond donors (Lipinski definition) is 2. The van der Waals surface area contributed by atoms with Crippen molar-refractivity contribution in [2.24, 2.45) is 0 Å². The van der Waals surface area contributed by atoms with Crippen molar-refractivity contribution in [3.8, 4) is 5.75 Å². The summed E-state index contributed by atoms with van der Waals surface area (Å²) in [6.45, 7) is 2.95. The molecule has 0 amide bonds. The van der Waals surface area contributed by atoms with E-state index >= 15 is 0 Å². The lowest BCUT2D eigenvalue weighted by Crippen LogP contribution is -2.45. The number of phenolic OH excluding ortho intramolecular Hbond substituents is 1. The van der Waals surface area contributed by atoms with Crippen LogP contribution >= 0.6 is 11.8 Å². The van der Waals surface area contributed by atoms with Crippen LogP contribution in [0.3, 0.4) is 0 Å². The van der Waals surface area contributed by atoms with Crippen LogP contribution in [0.4, 0.5) is 0 Å². The molecule has 1 aromatic carbocycles. The molecule has 1 aliphatic rings. The molecule has 20 heavy (non-hydrogen) atoms. The summed E-state index contributed by atoms with van der Waals surface area (Å²) in [5.41, 5.74) is 0.900. The van der Waals surface area contributed by atoms with E-state index in [0.29, 0.717) is 5.75 Å². The van der Waals surface area contributed by atoms with E-state index in [9.17, 15) is 9.90 Å². The second-order valence-electron chi connectivity index (χ2n) is 5.05. The SMILES string of the molecule is CCC(c1ccccc1O)N1CCSCC1CC(=O)O. The first kappa shape index (κ1) is 15.2. The molecule has 2 rings (SSSR count). The molecule has 1 saturated heterocycles. The zero-order valence-corrected chi connectivity index (χ0v) is 12.5. The molecular weight excluding hydrogens is 274 g/mol. The Kier molecular flexibility index (Phi) is 5.31. The van der Waals surface area contributed by atoms with Gasteiger partial charge in [0.1, 0.15) is 5.75 Å². The molecule has 1 aromatic rings. The number of hydrogen-bond acceptors (Lipinski definition) is 4. The highest BCUT2D eigenvalue weighted by atomic mass is 32.2. The van der Waals surface area contributed by atoms with Gasteiger partial charge in [-0.3, -0.25) is 9.69 Å². The highest BCUT2D eigenvalue weighted by Crippen LogP contribution is 2.35. The fourth-order valence-corrected chi connectivity index (χ4v) is 3.95. The Balaban J connectivity index is 2.24. The van der Waals surface area contributed by atoms with Crippen LogP contribution in [-0.4, -0.2) is 45.2 Å². The van der Waals surface area contributed by atoms with Gasteiger partial charge >= 0.3 is 5.97 Å². The van der Waals surface area contributed by atoms with Crippen molar-refractivity contribution in [2.45, 2.75) is 31.8 Å². The molecule has 110 valence electrons. The van der Waals surface area contributed by atoms with E-state index in [1.165, 1.54) is 0 Å². The fraction of sp³-hybridized carbons (Fsp3) is 0.533. The summed E-state index contributed by atoms with van der Waals surface area (Å²) in [6.07, 6.45) is 1.02. The summed E-state index contributed by atoms with van der Waals surface area (Å²) in [5, 5.41) is 19.1. The van der Waals surface area contributed by atoms with E-state index in [1.54, 1.807) is 6.07 Å². The molecule has 1 fully saturated rings. The molecule has 1 heterocycles. The van der Waals surface area contributed by atoms with Gasteiger partial charge in [-0.2, -0.15) is 11.8 Å². The average Bonchev–Trinajstić information content (AvgIpc) is 2.43. The summed E-state index contributed by atoms with van der Waals surface area (Å²) in [4.78, 5) is 13.3. The molecule has 5 heteroatoms. The topological polar surface area (TPSA) is 60.8 Å². The Morgan fingerprint density at radius 2 is 2.25 bits per heavy atom. The molecule has 4 nitrogen and oxygen atoms in total. The first-order valence-electron chi connectivity index (χ1n) is 6.96. The standard InChI is InChI=1S/C15H21NO3S/c1-2-13(12-5-3-4-6-14(12)17)16-7-8-20-10-11(16)9-15(18)19/h3-6,11,13,17H,2,7-10H2,1H3,(H,18,19). The number of nitrogens with zero attached hydrogens (tertiary/aromatic N) is 1. The predicted octanol–water partition coefficient (Wildman–Crippen LogP) is 2.74. The number of phenols is 1. The number of carbonyl (C=O) groups is 1. The normalized spacial score (nSPS) is 21.6. The zero-order chi connectivity index (χ0) is 14.5. The van der Waals surface area contributed by atoms with Gasteiger partial charge in [0.05, 0.1) is 6.42 Å². The van der Waals surface area contributed by atoms with Crippen LogP contribution in [0, 0.1) is 0 Å². The van der Waals surface area contributed by atoms with Gasteiger partial charge in [-0.05, 0) is 12.5 Å². The summed E-state index contributed by atoms with van der Waals surface area (Å²) in [5.74, 6) is 1.40. The number of aromatic hydroxyl groups is 1. The summed E-state index contributed by atoms with van der Waals surface area (Å²) >= 11 is 1.81. The van der Waals surface area contributed by atoms with E-state index in [4.69, 9.17) is 5.11 Å². The number of para-hydroxylation sites is 1. The van der Waals surface area contributed by atoms with Gasteiger partial charge in [-0.15, -0.1) is 0 Å². The third kappa shape index (κ3) is 3.46. The van der Waals surface area contributed by atoms with Crippen LogP contribution in [0.1, 0.15) is 31.4 Å². The van der Waals surface area contributed by atoms with E-state index < -0.39 is 5.97 Å². The van der Waals surface area contributed by atoms with Crippen LogP contribution in [0.15, 0.2) is 24.3 Å². The average molecular weight is 295 g/mol. The maximum absolute atomic E-state index is 11.0. The van der Waals surface area contributed by atoms with Crippen LogP contribution in [-0.2, 0) is 4.79 Å². The number of thioether (sulfide) groups is 1. The number of rotatable bonds is 5. The molecule has 2 N–H and O–H groups in total. The van der Waals surface area contributed by atoms with Crippen molar-refractivity contribution in [3.63, 3.8) is 0 Å². The lowest BCUT2D eigenvalue weighted by Gasteiger charge is -2.40. The Morgan fingerprint density at radius 3 is 2.90 bits per heavy atom. The monoisotopic (exact) mass is 295 g/mol. The maximum Gasteiger partial charge on any atom is 0.304 e. The quantitative estimate of drug-likeness (QED) is 0.874. The number of carboxylic acids is 1. The first-order valence-corrected chi connectivity index (χ1v) is 8.12. The molecule has 0 aliphatic carbocycles. The minimum absolute atomic E-state index is 0.0378. The lowest BCUT2D eigenvalue weighted by atomic mass is 9.99. The minimum Gasteiger partial charge on any atom is -0.508 e. The molecule has 0 saturated carbocycles.